The number of β-lactam (4-membered cyclic amide) rings is 1. The Morgan fingerprint density at radius 2 is 1.80 bits per heavy atom. The van der Waals surface area contributed by atoms with Crippen molar-refractivity contribution in [1.29, 1.82) is 0 Å². The smallest absolute Gasteiger partial charge is 0.352 e. The molecule has 4 aromatic rings. The van der Waals surface area contributed by atoms with E-state index in [9.17, 15) is 29.1 Å². The normalized spacial score (nSPS) is 17.8. The molecule has 2 atom stereocenters. The van der Waals surface area contributed by atoms with Gasteiger partial charge in [-0.3, -0.25) is 19.1 Å². The number of aliphatic carboxylic acids is 1. The van der Waals surface area contributed by atoms with Crippen molar-refractivity contribution >= 4 is 64.1 Å². The summed E-state index contributed by atoms with van der Waals surface area (Å²) in [7, 11) is 3.25. The number of fused-ring (bicyclic) bond motifs is 2. The second kappa shape index (κ2) is 11.6. The van der Waals surface area contributed by atoms with E-state index in [1.54, 1.807) is 62.6 Å². The molecule has 4 heterocycles. The summed E-state index contributed by atoms with van der Waals surface area (Å²) in [5, 5.41) is 26.5. The molecule has 2 aliphatic heterocycles. The number of carboxylic acid groups (broad SMARTS) is 1. The van der Waals surface area contributed by atoms with Gasteiger partial charge in [-0.2, -0.15) is 0 Å². The maximum atomic E-state index is 13.2. The predicted molar refractivity (Wildman–Crippen MR) is 161 cm³/mol. The SMILES string of the molecule is Cn1nnnc1SCC1=C(C(=O)O)N2C(=O)C(NC(=O)Cc3ccccc3NC(=O)n3c(=O)n(C)c4ccccc43)[C@H]2SC1. The van der Waals surface area contributed by atoms with Crippen LogP contribution in [0.5, 0.6) is 0 Å². The number of anilines is 1. The fourth-order valence-electron chi connectivity index (χ4n) is 5.14. The highest BCUT2D eigenvalue weighted by atomic mass is 32.2. The van der Waals surface area contributed by atoms with E-state index in [-0.39, 0.29) is 17.9 Å². The number of benzene rings is 2. The van der Waals surface area contributed by atoms with Crippen molar-refractivity contribution in [2.45, 2.75) is 23.0 Å². The van der Waals surface area contributed by atoms with E-state index >= 15 is 0 Å². The van der Waals surface area contributed by atoms with Crippen molar-refractivity contribution in [2.75, 3.05) is 16.8 Å². The highest BCUT2D eigenvalue weighted by Gasteiger charge is 2.54. The van der Waals surface area contributed by atoms with Crippen molar-refractivity contribution in [3.05, 3.63) is 75.8 Å². The number of imidazole rings is 1. The summed E-state index contributed by atoms with van der Waals surface area (Å²) < 4.78 is 3.87. The lowest BCUT2D eigenvalue weighted by atomic mass is 10.0. The summed E-state index contributed by atoms with van der Waals surface area (Å²) in [5.41, 5.74) is 1.78. The van der Waals surface area contributed by atoms with Crippen molar-refractivity contribution < 1.29 is 24.3 Å². The maximum Gasteiger partial charge on any atom is 0.352 e. The first-order valence-corrected chi connectivity index (χ1v) is 15.3. The Labute approximate surface area is 257 Å². The average molecular weight is 636 g/mol. The number of para-hydroxylation sites is 3. The zero-order valence-electron chi connectivity index (χ0n) is 23.3. The molecule has 0 spiro atoms. The minimum Gasteiger partial charge on any atom is -0.477 e. The third-order valence-corrected chi connectivity index (χ3v) is 9.73. The van der Waals surface area contributed by atoms with Gasteiger partial charge in [0.25, 0.3) is 5.91 Å². The quantitative estimate of drug-likeness (QED) is 0.185. The number of hydrogen-bond donors (Lipinski definition) is 3. The zero-order chi connectivity index (χ0) is 31.1. The second-order valence-electron chi connectivity index (χ2n) is 10.0. The van der Waals surface area contributed by atoms with Crippen LogP contribution in [0, 0.1) is 0 Å². The van der Waals surface area contributed by atoms with E-state index in [1.165, 1.54) is 37.7 Å². The van der Waals surface area contributed by atoms with E-state index in [0.29, 0.717) is 38.8 Å². The summed E-state index contributed by atoms with van der Waals surface area (Å²) in [6, 6.07) is 12.0. The molecule has 3 N–H and O–H groups in total. The van der Waals surface area contributed by atoms with Crippen LogP contribution < -0.4 is 16.3 Å². The fraction of sp³-hybridized carbons (Fsp3) is 0.259. The molecule has 15 nitrogen and oxygen atoms in total. The highest BCUT2D eigenvalue weighted by molar-refractivity contribution is 8.01. The number of tetrazole rings is 1. The van der Waals surface area contributed by atoms with Crippen LogP contribution in [-0.2, 0) is 34.9 Å². The molecule has 6 rings (SSSR count). The molecule has 1 fully saturated rings. The zero-order valence-corrected chi connectivity index (χ0v) is 25.0. The summed E-state index contributed by atoms with van der Waals surface area (Å²) >= 11 is 2.63. The lowest BCUT2D eigenvalue weighted by Crippen LogP contribution is -2.70. The van der Waals surface area contributed by atoms with Crippen LogP contribution in [0.1, 0.15) is 5.56 Å². The molecule has 3 amide bonds. The number of carbonyl (C=O) groups is 4. The molecular formula is C27H25N9O6S2. The van der Waals surface area contributed by atoms with Gasteiger partial charge in [0, 0.05) is 31.3 Å². The van der Waals surface area contributed by atoms with Gasteiger partial charge >= 0.3 is 17.7 Å². The Morgan fingerprint density at radius 3 is 2.52 bits per heavy atom. The minimum atomic E-state index is -1.23. The molecule has 226 valence electrons. The third-order valence-electron chi connectivity index (χ3n) is 7.30. The highest BCUT2D eigenvalue weighted by Crippen LogP contribution is 2.41. The van der Waals surface area contributed by atoms with E-state index in [4.69, 9.17) is 0 Å². The van der Waals surface area contributed by atoms with Gasteiger partial charge in [0.1, 0.15) is 17.1 Å². The largest absolute Gasteiger partial charge is 0.477 e. The van der Waals surface area contributed by atoms with E-state index in [1.807, 2.05) is 0 Å². The van der Waals surface area contributed by atoms with Gasteiger partial charge in [-0.05, 0) is 39.8 Å². The summed E-state index contributed by atoms with van der Waals surface area (Å²) in [5.74, 6) is -1.60. The van der Waals surface area contributed by atoms with Gasteiger partial charge in [-0.15, -0.1) is 16.9 Å². The molecule has 0 aliphatic carbocycles. The van der Waals surface area contributed by atoms with Crippen LogP contribution in [0.3, 0.4) is 0 Å². The topological polar surface area (TPSA) is 186 Å². The summed E-state index contributed by atoms with van der Waals surface area (Å²) in [6.07, 6.45) is -0.169. The Bertz CT molecular complexity index is 1930. The minimum absolute atomic E-state index is 0.0939. The van der Waals surface area contributed by atoms with Crippen LogP contribution in [0.25, 0.3) is 11.0 Å². The number of thioether (sulfide) groups is 2. The number of amides is 3. The van der Waals surface area contributed by atoms with Gasteiger partial charge in [0.05, 0.1) is 17.5 Å². The Balaban J connectivity index is 1.13. The molecule has 0 bridgehead atoms. The maximum absolute atomic E-state index is 13.2. The van der Waals surface area contributed by atoms with Crippen LogP contribution in [-0.4, -0.2) is 86.1 Å². The Hall–Kier alpha value is -4.90. The average Bonchev–Trinajstić information content (AvgIpc) is 3.54. The molecular weight excluding hydrogens is 610 g/mol. The van der Waals surface area contributed by atoms with E-state index in [0.717, 1.165) is 4.57 Å². The lowest BCUT2D eigenvalue weighted by Gasteiger charge is -2.49. The Morgan fingerprint density at radius 1 is 1.07 bits per heavy atom. The van der Waals surface area contributed by atoms with Crippen molar-refractivity contribution in [3.63, 3.8) is 0 Å². The van der Waals surface area contributed by atoms with Crippen molar-refractivity contribution in [1.82, 2.24) is 39.6 Å². The fourth-order valence-corrected chi connectivity index (χ4v) is 7.48. The molecule has 2 aromatic carbocycles. The first kappa shape index (κ1) is 29.2. The van der Waals surface area contributed by atoms with Gasteiger partial charge in [-0.25, -0.2) is 23.6 Å². The van der Waals surface area contributed by atoms with E-state index in [2.05, 4.69) is 26.2 Å². The summed E-state index contributed by atoms with van der Waals surface area (Å²) in [6.45, 7) is 0. The van der Waals surface area contributed by atoms with Crippen LogP contribution in [0.15, 0.2) is 69.8 Å². The molecule has 17 heteroatoms. The molecule has 2 aliphatic rings. The number of hydrogen-bond acceptors (Lipinski definition) is 10. The number of rotatable bonds is 8. The second-order valence-corrected chi connectivity index (χ2v) is 12.1. The lowest BCUT2D eigenvalue weighted by molar-refractivity contribution is -0.150. The number of carboxylic acids is 1. The van der Waals surface area contributed by atoms with Crippen LogP contribution in [0.2, 0.25) is 0 Å². The monoisotopic (exact) mass is 635 g/mol. The van der Waals surface area contributed by atoms with Gasteiger partial charge in [-0.1, -0.05) is 42.1 Å². The van der Waals surface area contributed by atoms with Gasteiger partial charge in [0.15, 0.2) is 0 Å². The molecule has 44 heavy (non-hydrogen) atoms. The molecule has 1 saturated heterocycles. The number of nitrogens with one attached hydrogen (secondary N) is 2. The van der Waals surface area contributed by atoms with Crippen molar-refractivity contribution in [3.8, 4) is 0 Å². The molecule has 0 saturated carbocycles. The van der Waals surface area contributed by atoms with Gasteiger partial charge in [0.2, 0.25) is 11.1 Å². The Kier molecular flexibility index (Phi) is 7.73. The summed E-state index contributed by atoms with van der Waals surface area (Å²) in [4.78, 5) is 65.6. The first-order chi connectivity index (χ1) is 21.2. The molecule has 0 radical (unpaired) electrons. The van der Waals surface area contributed by atoms with E-state index < -0.39 is 40.9 Å². The van der Waals surface area contributed by atoms with Crippen molar-refractivity contribution in [2.24, 2.45) is 14.1 Å². The molecule has 2 aromatic heterocycles. The standard InChI is InChI=1S/C27H25N9O6S2/c1-33-17-9-5-6-10-18(17)35(27(33)42)25(41)28-16-8-4-3-7-14(16)11-19(37)29-20-22(38)36-21(24(39)40)15(12-43-23(20)36)13-44-26-30-31-32-34(26)2/h3-10,20,23H,11-13H2,1-2H3,(H,28,41)(H,29,37)(H,39,40)/t20?,23-/m1/s1. The number of carbonyl (C=O) groups excluding carboxylic acids is 3. The number of nitrogens with zero attached hydrogens (tertiary/aromatic N) is 7. The first-order valence-electron chi connectivity index (χ1n) is 13.3. The predicted octanol–water partition coefficient (Wildman–Crippen LogP) is 1.02. The van der Waals surface area contributed by atoms with Crippen LogP contribution >= 0.6 is 23.5 Å². The van der Waals surface area contributed by atoms with Crippen LogP contribution in [0.4, 0.5) is 10.5 Å². The third kappa shape index (κ3) is 5.13. The van der Waals surface area contributed by atoms with Gasteiger partial charge < -0.3 is 15.7 Å². The molecule has 1 unspecified atom stereocenters. The number of aryl methyl sites for hydroxylation is 2. The number of aromatic nitrogens is 6.